The van der Waals surface area contributed by atoms with E-state index in [1.54, 1.807) is 24.3 Å². The van der Waals surface area contributed by atoms with Crippen LogP contribution in [0.5, 0.6) is 0 Å². The van der Waals surface area contributed by atoms with Crippen LogP contribution in [0.4, 0.5) is 13.2 Å². The summed E-state index contributed by atoms with van der Waals surface area (Å²) in [5, 5.41) is 3.87. The van der Waals surface area contributed by atoms with Crippen LogP contribution < -0.4 is 5.32 Å². The predicted molar refractivity (Wildman–Crippen MR) is 109 cm³/mol. The van der Waals surface area contributed by atoms with Crippen molar-refractivity contribution in [1.29, 1.82) is 0 Å². The first-order valence-electron chi connectivity index (χ1n) is 10.1. The Morgan fingerprint density at radius 2 is 1.84 bits per heavy atom. The zero-order valence-corrected chi connectivity index (χ0v) is 16.9. The van der Waals surface area contributed by atoms with Gasteiger partial charge in [-0.15, -0.1) is 0 Å². The number of methoxy groups -OCH3 is 1. The molecule has 1 aliphatic rings. The number of hydrogen-bond acceptors (Lipinski definition) is 5. The lowest BCUT2D eigenvalue weighted by Crippen LogP contribution is -2.57. The van der Waals surface area contributed by atoms with Gasteiger partial charge < -0.3 is 9.15 Å². The second kappa shape index (κ2) is 8.00. The summed E-state index contributed by atoms with van der Waals surface area (Å²) < 4.78 is 52.9. The van der Waals surface area contributed by atoms with Gasteiger partial charge in [-0.2, -0.15) is 13.2 Å². The number of carbonyl (C=O) groups excluding carboxylic acids is 2. The van der Waals surface area contributed by atoms with E-state index in [1.807, 2.05) is 0 Å². The minimum Gasteiger partial charge on any atom is -0.468 e. The highest BCUT2D eigenvalue weighted by Crippen LogP contribution is 2.40. The molecule has 0 spiro atoms. The number of esters is 1. The Bertz CT molecular complexity index is 1130. The molecule has 1 aliphatic carbocycles. The lowest BCUT2D eigenvalue weighted by Gasteiger charge is -2.39. The highest BCUT2D eigenvalue weighted by atomic mass is 19.4. The SMILES string of the molecule is COC(=O)C1(NC(c2ccc3c(c2)oc2ccc(C=O)cc23)C(F)(F)F)CCCCC1. The molecule has 1 aromatic heterocycles. The summed E-state index contributed by atoms with van der Waals surface area (Å²) >= 11 is 0. The summed E-state index contributed by atoms with van der Waals surface area (Å²) in [6.45, 7) is 0. The van der Waals surface area contributed by atoms with Crippen LogP contribution in [0.1, 0.15) is 54.1 Å². The first-order valence-corrected chi connectivity index (χ1v) is 10.1. The van der Waals surface area contributed by atoms with Gasteiger partial charge in [-0.25, -0.2) is 0 Å². The van der Waals surface area contributed by atoms with Crippen molar-refractivity contribution in [2.75, 3.05) is 7.11 Å². The van der Waals surface area contributed by atoms with Crippen molar-refractivity contribution >= 4 is 34.2 Å². The number of fused-ring (bicyclic) bond motifs is 3. The zero-order chi connectivity index (χ0) is 22.2. The van der Waals surface area contributed by atoms with E-state index in [-0.39, 0.29) is 24.0 Å². The van der Waals surface area contributed by atoms with E-state index >= 15 is 0 Å². The molecular formula is C23H22F3NO4. The fourth-order valence-electron chi connectivity index (χ4n) is 4.45. The van der Waals surface area contributed by atoms with Gasteiger partial charge in [0.2, 0.25) is 0 Å². The minimum absolute atomic E-state index is 0.0523. The molecule has 1 saturated carbocycles. The number of rotatable bonds is 5. The Kier molecular flexibility index (Phi) is 5.51. The molecule has 31 heavy (non-hydrogen) atoms. The molecule has 3 aromatic rings. The average molecular weight is 433 g/mol. The monoisotopic (exact) mass is 433 g/mol. The van der Waals surface area contributed by atoms with E-state index in [1.165, 1.54) is 19.2 Å². The molecule has 5 nitrogen and oxygen atoms in total. The summed E-state index contributed by atoms with van der Waals surface area (Å²) in [6, 6.07) is 7.05. The van der Waals surface area contributed by atoms with Crippen LogP contribution in [0.15, 0.2) is 40.8 Å². The molecule has 2 aromatic carbocycles. The van der Waals surface area contributed by atoms with Crippen molar-refractivity contribution in [3.05, 3.63) is 47.5 Å². The van der Waals surface area contributed by atoms with Gasteiger partial charge in [-0.1, -0.05) is 31.4 Å². The summed E-state index contributed by atoms with van der Waals surface area (Å²) in [5.74, 6) is -0.673. The van der Waals surface area contributed by atoms with Crippen LogP contribution in [0.25, 0.3) is 21.9 Å². The first kappa shape index (κ1) is 21.4. The van der Waals surface area contributed by atoms with E-state index < -0.39 is 23.7 Å². The van der Waals surface area contributed by atoms with Gasteiger partial charge in [0.1, 0.15) is 29.0 Å². The number of ether oxygens (including phenoxy) is 1. The van der Waals surface area contributed by atoms with E-state index in [0.29, 0.717) is 41.0 Å². The van der Waals surface area contributed by atoms with Gasteiger partial charge in [0.15, 0.2) is 0 Å². The molecular weight excluding hydrogens is 411 g/mol. The quantitative estimate of drug-likeness (QED) is 0.427. The minimum atomic E-state index is -4.64. The molecule has 1 heterocycles. The summed E-state index contributed by atoms with van der Waals surface area (Å²) in [4.78, 5) is 23.5. The van der Waals surface area contributed by atoms with E-state index in [4.69, 9.17) is 9.15 Å². The molecule has 164 valence electrons. The van der Waals surface area contributed by atoms with Crippen LogP contribution in [-0.2, 0) is 9.53 Å². The molecule has 0 saturated heterocycles. The van der Waals surface area contributed by atoms with Gasteiger partial charge in [-0.05, 0) is 42.7 Å². The number of hydrogen-bond donors (Lipinski definition) is 1. The van der Waals surface area contributed by atoms with Crippen molar-refractivity contribution < 1.29 is 31.9 Å². The molecule has 0 radical (unpaired) electrons. The number of benzene rings is 2. The maximum absolute atomic E-state index is 14.1. The maximum Gasteiger partial charge on any atom is 0.407 e. The second-order valence-corrected chi connectivity index (χ2v) is 7.98. The van der Waals surface area contributed by atoms with Gasteiger partial charge >= 0.3 is 12.1 Å². The standard InChI is InChI=1S/C23H22F3NO4/c1-30-21(29)22(9-3-2-4-10-22)27-20(23(24,25)26)15-6-7-16-17-11-14(13-28)5-8-18(17)31-19(16)12-15/h5-8,11-13,20,27H,2-4,9-10H2,1H3. The van der Waals surface area contributed by atoms with E-state index in [9.17, 15) is 22.8 Å². The number of furan rings is 1. The fourth-order valence-corrected chi connectivity index (χ4v) is 4.45. The molecule has 1 N–H and O–H groups in total. The van der Waals surface area contributed by atoms with Crippen LogP contribution in [0.3, 0.4) is 0 Å². The van der Waals surface area contributed by atoms with Gasteiger partial charge in [0.25, 0.3) is 0 Å². The molecule has 0 aliphatic heterocycles. The van der Waals surface area contributed by atoms with Crippen molar-refractivity contribution in [1.82, 2.24) is 5.32 Å². The number of nitrogens with one attached hydrogen (secondary N) is 1. The first-order chi connectivity index (χ1) is 14.8. The summed E-state index contributed by atoms with van der Waals surface area (Å²) in [6.07, 6.45) is -1.20. The van der Waals surface area contributed by atoms with Crippen LogP contribution in [0.2, 0.25) is 0 Å². The Balaban J connectivity index is 1.78. The van der Waals surface area contributed by atoms with Gasteiger partial charge in [0.05, 0.1) is 7.11 Å². The van der Waals surface area contributed by atoms with Crippen molar-refractivity contribution in [2.24, 2.45) is 0 Å². The smallest absolute Gasteiger partial charge is 0.407 e. The topological polar surface area (TPSA) is 68.5 Å². The van der Waals surface area contributed by atoms with Gasteiger partial charge in [-0.3, -0.25) is 14.9 Å². The van der Waals surface area contributed by atoms with E-state index in [2.05, 4.69) is 5.32 Å². The normalized spacial score (nSPS) is 17.5. The zero-order valence-electron chi connectivity index (χ0n) is 16.9. The Morgan fingerprint density at radius 3 is 2.48 bits per heavy atom. The molecule has 1 fully saturated rings. The van der Waals surface area contributed by atoms with Crippen molar-refractivity contribution in [2.45, 2.75) is 49.9 Å². The molecule has 8 heteroatoms. The largest absolute Gasteiger partial charge is 0.468 e. The van der Waals surface area contributed by atoms with Crippen LogP contribution in [-0.4, -0.2) is 31.1 Å². The Labute approximate surface area is 176 Å². The lowest BCUT2D eigenvalue weighted by molar-refractivity contribution is -0.172. The average Bonchev–Trinajstić information content (AvgIpc) is 3.13. The van der Waals surface area contributed by atoms with Crippen molar-refractivity contribution in [3.63, 3.8) is 0 Å². The highest BCUT2D eigenvalue weighted by Gasteiger charge is 2.49. The lowest BCUT2D eigenvalue weighted by atomic mass is 9.80. The third-order valence-electron chi connectivity index (χ3n) is 6.02. The predicted octanol–water partition coefficient (Wildman–Crippen LogP) is 5.47. The summed E-state index contributed by atoms with van der Waals surface area (Å²) in [5.41, 5.74) is -0.223. The number of halogens is 3. The summed E-state index contributed by atoms with van der Waals surface area (Å²) in [7, 11) is 1.19. The van der Waals surface area contributed by atoms with Crippen LogP contribution in [0, 0.1) is 0 Å². The van der Waals surface area contributed by atoms with Crippen molar-refractivity contribution in [3.8, 4) is 0 Å². The number of carbonyl (C=O) groups is 2. The molecule has 4 rings (SSSR count). The van der Waals surface area contributed by atoms with E-state index in [0.717, 1.165) is 6.42 Å². The third kappa shape index (κ3) is 3.92. The number of alkyl halides is 3. The maximum atomic E-state index is 14.1. The molecule has 0 bridgehead atoms. The third-order valence-corrected chi connectivity index (χ3v) is 6.02. The van der Waals surface area contributed by atoms with Gasteiger partial charge in [0, 0.05) is 16.3 Å². The Hall–Kier alpha value is -2.87. The second-order valence-electron chi connectivity index (χ2n) is 7.98. The van der Waals surface area contributed by atoms with Crippen LogP contribution >= 0.6 is 0 Å². The molecule has 1 atom stereocenters. The molecule has 1 unspecified atom stereocenters. The highest BCUT2D eigenvalue weighted by molar-refractivity contribution is 6.06. The molecule has 0 amide bonds. The number of aldehydes is 1. The Morgan fingerprint density at radius 1 is 1.10 bits per heavy atom. The fraction of sp³-hybridized carbons (Fsp3) is 0.391.